The van der Waals surface area contributed by atoms with Gasteiger partial charge in [-0.25, -0.2) is 14.4 Å². The van der Waals surface area contributed by atoms with Crippen molar-refractivity contribution in [3.63, 3.8) is 0 Å². The van der Waals surface area contributed by atoms with Crippen LogP contribution in [0.1, 0.15) is 44.3 Å². The number of hydrogen-bond donors (Lipinski definition) is 1. The fourth-order valence-electron chi connectivity index (χ4n) is 4.14. The summed E-state index contributed by atoms with van der Waals surface area (Å²) in [7, 11) is 0. The molecule has 0 bridgehead atoms. The van der Waals surface area contributed by atoms with Gasteiger partial charge in [0.2, 0.25) is 5.82 Å². The maximum absolute atomic E-state index is 14.6. The Bertz CT molecular complexity index is 1560. The molecule has 1 aromatic carbocycles. The van der Waals surface area contributed by atoms with Crippen LogP contribution in [0.5, 0.6) is 0 Å². The fourth-order valence-corrected chi connectivity index (χ4v) is 4.39. The number of alkyl halides is 3. The van der Waals surface area contributed by atoms with Crippen molar-refractivity contribution in [2.45, 2.75) is 32.6 Å². The summed E-state index contributed by atoms with van der Waals surface area (Å²) in [5.41, 5.74) is 2.16. The lowest BCUT2D eigenvalue weighted by atomic mass is 10.0. The number of halogens is 5. The van der Waals surface area contributed by atoms with Crippen LogP contribution in [0.25, 0.3) is 5.52 Å². The zero-order valence-electron chi connectivity index (χ0n) is 18.1. The number of amides is 1. The van der Waals surface area contributed by atoms with Crippen LogP contribution in [0.15, 0.2) is 41.5 Å². The SMILES string of the molecule is Cc1cc2c(=O)[nH]cc(Cc3ccc(F)c(C(=O)N4Cc5cnc(C(F)(F)F)nc5C4)c3)n2c1Cl. The number of nitrogens with zero attached hydrogens (tertiary/aromatic N) is 4. The molecule has 12 heteroatoms. The van der Waals surface area contributed by atoms with Gasteiger partial charge in [0.05, 0.1) is 17.8 Å². The van der Waals surface area contributed by atoms with Crippen LogP contribution in [0.2, 0.25) is 5.15 Å². The summed E-state index contributed by atoms with van der Waals surface area (Å²) in [4.78, 5) is 35.9. The number of benzene rings is 1. The molecule has 180 valence electrons. The molecule has 4 aromatic rings. The lowest BCUT2D eigenvalue weighted by molar-refractivity contribution is -0.145. The molecule has 3 aromatic heterocycles. The van der Waals surface area contributed by atoms with Crippen LogP contribution >= 0.6 is 11.6 Å². The third-order valence-electron chi connectivity index (χ3n) is 5.85. The van der Waals surface area contributed by atoms with E-state index in [4.69, 9.17) is 11.6 Å². The topological polar surface area (TPSA) is 83.4 Å². The number of hydrogen-bond acceptors (Lipinski definition) is 4. The van der Waals surface area contributed by atoms with Crippen LogP contribution in [-0.2, 0) is 25.7 Å². The van der Waals surface area contributed by atoms with E-state index < -0.39 is 23.7 Å². The number of rotatable bonds is 3. The minimum Gasteiger partial charge on any atom is -0.328 e. The summed E-state index contributed by atoms with van der Waals surface area (Å²) >= 11 is 6.37. The van der Waals surface area contributed by atoms with E-state index >= 15 is 0 Å². The first kappa shape index (κ1) is 23.0. The van der Waals surface area contributed by atoms with E-state index in [1.807, 2.05) is 0 Å². The van der Waals surface area contributed by atoms with Crippen molar-refractivity contribution in [3.05, 3.63) is 97.4 Å². The minimum atomic E-state index is -4.71. The molecule has 35 heavy (non-hydrogen) atoms. The Morgan fingerprint density at radius 2 is 2.00 bits per heavy atom. The van der Waals surface area contributed by atoms with Crippen LogP contribution in [0.3, 0.4) is 0 Å². The summed E-state index contributed by atoms with van der Waals surface area (Å²) in [5.74, 6) is -2.74. The number of aromatic amines is 1. The van der Waals surface area contributed by atoms with Gasteiger partial charge < -0.3 is 9.88 Å². The highest BCUT2D eigenvalue weighted by molar-refractivity contribution is 6.30. The highest BCUT2D eigenvalue weighted by Crippen LogP contribution is 2.30. The van der Waals surface area contributed by atoms with Crippen molar-refractivity contribution in [1.82, 2.24) is 24.3 Å². The summed E-state index contributed by atoms with van der Waals surface area (Å²) < 4.78 is 55.0. The van der Waals surface area contributed by atoms with Gasteiger partial charge in [0.1, 0.15) is 16.5 Å². The monoisotopic (exact) mass is 505 g/mol. The van der Waals surface area contributed by atoms with Gasteiger partial charge in [0.25, 0.3) is 11.5 Å². The van der Waals surface area contributed by atoms with E-state index in [2.05, 4.69) is 15.0 Å². The smallest absolute Gasteiger partial charge is 0.328 e. The van der Waals surface area contributed by atoms with Crippen molar-refractivity contribution < 1.29 is 22.4 Å². The van der Waals surface area contributed by atoms with E-state index in [1.165, 1.54) is 23.2 Å². The Kier molecular flexibility index (Phi) is 5.39. The number of carbonyl (C=O) groups is 1. The fraction of sp³-hybridized carbons (Fsp3) is 0.217. The third-order valence-corrected chi connectivity index (χ3v) is 6.32. The molecule has 4 heterocycles. The lowest BCUT2D eigenvalue weighted by Gasteiger charge is -2.16. The van der Waals surface area contributed by atoms with Gasteiger partial charge in [0.15, 0.2) is 0 Å². The van der Waals surface area contributed by atoms with Gasteiger partial charge in [-0.05, 0) is 36.2 Å². The number of aromatic nitrogens is 4. The Balaban J connectivity index is 1.43. The summed E-state index contributed by atoms with van der Waals surface area (Å²) in [6.07, 6.45) is -1.95. The molecule has 0 spiro atoms. The molecule has 1 aliphatic rings. The van der Waals surface area contributed by atoms with E-state index in [0.29, 0.717) is 33.1 Å². The summed E-state index contributed by atoms with van der Waals surface area (Å²) in [6.45, 7) is 1.54. The minimum absolute atomic E-state index is 0.0330. The van der Waals surface area contributed by atoms with Gasteiger partial charge in [-0.15, -0.1) is 0 Å². The average molecular weight is 506 g/mol. The average Bonchev–Trinajstić information content (AvgIpc) is 3.37. The number of nitrogens with one attached hydrogen (secondary N) is 1. The zero-order valence-corrected chi connectivity index (χ0v) is 18.8. The van der Waals surface area contributed by atoms with Crippen molar-refractivity contribution in [1.29, 1.82) is 0 Å². The van der Waals surface area contributed by atoms with Gasteiger partial charge in [-0.2, -0.15) is 13.2 Å². The molecule has 1 aliphatic heterocycles. The predicted octanol–water partition coefficient (Wildman–Crippen LogP) is 4.28. The molecule has 0 aliphatic carbocycles. The Morgan fingerprint density at radius 3 is 2.74 bits per heavy atom. The number of H-pyrrole nitrogens is 1. The molecule has 7 nitrogen and oxygen atoms in total. The number of fused-ring (bicyclic) bond motifs is 2. The molecule has 0 radical (unpaired) electrons. The molecule has 0 saturated heterocycles. The molecule has 5 rings (SSSR count). The van der Waals surface area contributed by atoms with Gasteiger partial charge in [-0.1, -0.05) is 17.7 Å². The van der Waals surface area contributed by atoms with Crippen LogP contribution in [0.4, 0.5) is 17.6 Å². The first-order chi connectivity index (χ1) is 16.5. The molecule has 1 amide bonds. The number of carbonyl (C=O) groups excluding carboxylic acids is 1. The molecular weight excluding hydrogens is 490 g/mol. The molecule has 0 fully saturated rings. The molecular formula is C23H16ClF4N5O2. The summed E-state index contributed by atoms with van der Waals surface area (Å²) in [6, 6.07) is 5.70. The van der Waals surface area contributed by atoms with Crippen molar-refractivity contribution in [2.75, 3.05) is 0 Å². The summed E-state index contributed by atoms with van der Waals surface area (Å²) in [5, 5.41) is 0.369. The van der Waals surface area contributed by atoms with Gasteiger partial charge in [-0.3, -0.25) is 14.0 Å². The van der Waals surface area contributed by atoms with E-state index in [0.717, 1.165) is 12.3 Å². The lowest BCUT2D eigenvalue weighted by Crippen LogP contribution is -2.26. The molecule has 0 atom stereocenters. The van der Waals surface area contributed by atoms with Crippen LogP contribution in [0, 0.1) is 12.7 Å². The first-order valence-electron chi connectivity index (χ1n) is 10.4. The van der Waals surface area contributed by atoms with Crippen LogP contribution in [-0.4, -0.2) is 30.2 Å². The van der Waals surface area contributed by atoms with Crippen molar-refractivity contribution in [2.24, 2.45) is 0 Å². The predicted molar refractivity (Wildman–Crippen MR) is 118 cm³/mol. The largest absolute Gasteiger partial charge is 0.451 e. The maximum atomic E-state index is 14.6. The zero-order chi connectivity index (χ0) is 25.1. The third kappa shape index (κ3) is 4.05. The van der Waals surface area contributed by atoms with E-state index in [9.17, 15) is 27.2 Å². The quantitative estimate of drug-likeness (QED) is 0.421. The van der Waals surface area contributed by atoms with Gasteiger partial charge >= 0.3 is 6.18 Å². The van der Waals surface area contributed by atoms with Crippen molar-refractivity contribution >= 4 is 23.0 Å². The second kappa shape index (κ2) is 8.19. The van der Waals surface area contributed by atoms with Gasteiger partial charge in [0, 0.05) is 36.6 Å². The highest BCUT2D eigenvalue weighted by Gasteiger charge is 2.37. The van der Waals surface area contributed by atoms with Crippen LogP contribution < -0.4 is 5.56 Å². The first-order valence-corrected chi connectivity index (χ1v) is 10.8. The Morgan fingerprint density at radius 1 is 1.23 bits per heavy atom. The van der Waals surface area contributed by atoms with E-state index in [-0.39, 0.29) is 36.3 Å². The second-order valence-electron chi connectivity index (χ2n) is 8.26. The highest BCUT2D eigenvalue weighted by atomic mass is 35.5. The number of aryl methyl sites for hydroxylation is 1. The van der Waals surface area contributed by atoms with E-state index in [1.54, 1.807) is 17.4 Å². The normalized spacial score (nSPS) is 13.5. The second-order valence-corrected chi connectivity index (χ2v) is 8.62. The molecule has 0 unspecified atom stereocenters. The Labute approximate surface area is 200 Å². The van der Waals surface area contributed by atoms with Crippen molar-refractivity contribution in [3.8, 4) is 0 Å². The standard InChI is InChI=1S/C23H16ClF4N5O2/c1-11-4-18-20(34)29-8-14(33(18)19(11)24)5-12-2-3-16(25)15(6-12)21(35)32-9-13-7-30-22(23(26,27)28)31-17(13)10-32/h2-4,6-8H,5,9-10H2,1H3,(H,29,34). The molecule has 1 N–H and O–H groups in total. The Hall–Kier alpha value is -3.73. The molecule has 0 saturated carbocycles. The maximum Gasteiger partial charge on any atom is 0.451 e.